The molecule has 25 heavy (non-hydrogen) atoms. The Morgan fingerprint density at radius 3 is 2.80 bits per heavy atom. The highest BCUT2D eigenvalue weighted by atomic mass is 35.5. The van der Waals surface area contributed by atoms with Crippen molar-refractivity contribution in [1.29, 1.82) is 0 Å². The topological polar surface area (TPSA) is 64.7 Å². The molecule has 2 aromatic heterocycles. The Morgan fingerprint density at radius 1 is 1.28 bits per heavy atom. The van der Waals surface area contributed by atoms with E-state index in [0.29, 0.717) is 23.7 Å². The summed E-state index contributed by atoms with van der Waals surface area (Å²) in [5.74, 6) is -0.141. The molecule has 0 fully saturated rings. The van der Waals surface area contributed by atoms with Crippen molar-refractivity contribution in [2.75, 3.05) is 5.32 Å². The van der Waals surface area contributed by atoms with E-state index in [1.165, 1.54) is 17.3 Å². The van der Waals surface area contributed by atoms with Crippen molar-refractivity contribution in [1.82, 2.24) is 19.6 Å². The molecule has 0 saturated heterocycles. The van der Waals surface area contributed by atoms with Gasteiger partial charge >= 0.3 is 0 Å². The number of nitrogens with one attached hydrogen (secondary N) is 1. The first kappa shape index (κ1) is 17.2. The number of hydrogen-bond donors (Lipinski definition) is 1. The molecule has 0 spiro atoms. The lowest BCUT2D eigenvalue weighted by Gasteiger charge is -2.14. The van der Waals surface area contributed by atoms with E-state index < -0.39 is 6.04 Å². The second-order valence-corrected chi connectivity index (χ2v) is 6.40. The normalized spacial score (nSPS) is 12.1. The lowest BCUT2D eigenvalue weighted by molar-refractivity contribution is -0.119. The van der Waals surface area contributed by atoms with Gasteiger partial charge in [-0.05, 0) is 18.9 Å². The van der Waals surface area contributed by atoms with Crippen LogP contribution in [-0.2, 0) is 11.3 Å². The fourth-order valence-electron chi connectivity index (χ4n) is 2.72. The highest BCUT2D eigenvalue weighted by Crippen LogP contribution is 2.17. The number of nitrogens with zero attached hydrogens (tertiary/aromatic N) is 4. The number of rotatable bonds is 6. The summed E-state index contributed by atoms with van der Waals surface area (Å²) in [7, 11) is 0. The SMILES string of the molecule is CCC(C(=O)Nc1cnn(Cc2cccc(C)c2)c1)n1cc(Cl)cn1. The maximum absolute atomic E-state index is 12.5. The van der Waals surface area contributed by atoms with Gasteiger partial charge < -0.3 is 5.32 Å². The molecule has 0 aliphatic heterocycles. The minimum absolute atomic E-state index is 0.141. The Morgan fingerprint density at radius 2 is 2.12 bits per heavy atom. The summed E-state index contributed by atoms with van der Waals surface area (Å²) < 4.78 is 3.38. The minimum atomic E-state index is -0.410. The van der Waals surface area contributed by atoms with Crippen LogP contribution in [0.4, 0.5) is 5.69 Å². The third-order valence-corrected chi connectivity index (χ3v) is 4.10. The fraction of sp³-hybridized carbons (Fsp3) is 0.278. The standard InChI is InChI=1S/C18H20ClN5O/c1-3-17(24-11-15(19)8-21-24)18(25)22-16-9-20-23(12-16)10-14-6-4-5-13(2)7-14/h4-9,11-12,17H,3,10H2,1-2H3,(H,22,25). The van der Waals surface area contributed by atoms with E-state index in [-0.39, 0.29) is 5.91 Å². The number of aryl methyl sites for hydroxylation is 1. The van der Waals surface area contributed by atoms with Crippen molar-refractivity contribution in [3.05, 3.63) is 65.2 Å². The van der Waals surface area contributed by atoms with Crippen molar-refractivity contribution >= 4 is 23.2 Å². The average molecular weight is 358 g/mol. The van der Waals surface area contributed by atoms with E-state index >= 15 is 0 Å². The van der Waals surface area contributed by atoms with Crippen molar-refractivity contribution in [2.45, 2.75) is 32.9 Å². The van der Waals surface area contributed by atoms with Crippen LogP contribution < -0.4 is 5.32 Å². The Labute approximate surface area is 151 Å². The molecule has 1 atom stereocenters. The molecule has 0 bridgehead atoms. The molecular formula is C18H20ClN5O. The first-order valence-electron chi connectivity index (χ1n) is 8.13. The van der Waals surface area contributed by atoms with Gasteiger partial charge in [0, 0.05) is 12.4 Å². The lowest BCUT2D eigenvalue weighted by Crippen LogP contribution is -2.25. The first-order chi connectivity index (χ1) is 12.0. The van der Waals surface area contributed by atoms with Crippen molar-refractivity contribution in [3.8, 4) is 0 Å². The molecule has 0 saturated carbocycles. The number of carbonyl (C=O) groups is 1. The summed E-state index contributed by atoms with van der Waals surface area (Å²) in [6.45, 7) is 4.65. The second-order valence-electron chi connectivity index (χ2n) is 5.97. The molecule has 1 N–H and O–H groups in total. The van der Waals surface area contributed by atoms with Crippen LogP contribution in [0.15, 0.2) is 49.1 Å². The van der Waals surface area contributed by atoms with Crippen molar-refractivity contribution < 1.29 is 4.79 Å². The molecule has 7 heteroatoms. The van der Waals surface area contributed by atoms with Crippen molar-refractivity contribution in [3.63, 3.8) is 0 Å². The summed E-state index contributed by atoms with van der Waals surface area (Å²) in [5.41, 5.74) is 3.04. The number of benzene rings is 1. The maximum Gasteiger partial charge on any atom is 0.249 e. The van der Waals surface area contributed by atoms with Crippen LogP contribution in [0.5, 0.6) is 0 Å². The first-order valence-corrected chi connectivity index (χ1v) is 8.51. The van der Waals surface area contributed by atoms with Gasteiger partial charge in [-0.3, -0.25) is 14.2 Å². The molecule has 6 nitrogen and oxygen atoms in total. The maximum atomic E-state index is 12.5. The van der Waals surface area contributed by atoms with Crippen LogP contribution in [-0.4, -0.2) is 25.5 Å². The zero-order valence-corrected chi connectivity index (χ0v) is 14.9. The highest BCUT2D eigenvalue weighted by molar-refractivity contribution is 6.30. The summed E-state index contributed by atoms with van der Waals surface area (Å²) in [4.78, 5) is 12.5. The monoisotopic (exact) mass is 357 g/mol. The molecule has 130 valence electrons. The number of hydrogen-bond acceptors (Lipinski definition) is 3. The van der Waals surface area contributed by atoms with Gasteiger partial charge in [-0.25, -0.2) is 0 Å². The molecule has 3 rings (SSSR count). The van der Waals surface area contributed by atoms with E-state index in [2.05, 4.69) is 40.6 Å². The zero-order chi connectivity index (χ0) is 17.8. The van der Waals surface area contributed by atoms with E-state index in [9.17, 15) is 4.79 Å². The third-order valence-electron chi connectivity index (χ3n) is 3.91. The number of anilines is 1. The predicted molar refractivity (Wildman–Crippen MR) is 97.7 cm³/mol. The Balaban J connectivity index is 1.67. The van der Waals surface area contributed by atoms with E-state index in [1.807, 2.05) is 19.2 Å². The van der Waals surface area contributed by atoms with Gasteiger partial charge in [0.05, 0.1) is 29.6 Å². The fourth-order valence-corrected chi connectivity index (χ4v) is 2.86. The summed E-state index contributed by atoms with van der Waals surface area (Å²) in [6, 6.07) is 7.85. The highest BCUT2D eigenvalue weighted by Gasteiger charge is 2.20. The number of carbonyl (C=O) groups excluding carboxylic acids is 1. The van der Waals surface area contributed by atoms with Crippen LogP contribution in [0.25, 0.3) is 0 Å². The molecule has 1 aromatic carbocycles. The largest absolute Gasteiger partial charge is 0.322 e. The van der Waals surface area contributed by atoms with Gasteiger partial charge in [0.25, 0.3) is 0 Å². The Hall–Kier alpha value is -2.60. The molecule has 0 radical (unpaired) electrons. The van der Waals surface area contributed by atoms with Crippen LogP contribution in [0.3, 0.4) is 0 Å². The lowest BCUT2D eigenvalue weighted by atomic mass is 10.1. The summed E-state index contributed by atoms with van der Waals surface area (Å²) >= 11 is 5.89. The van der Waals surface area contributed by atoms with Crippen LogP contribution in [0.1, 0.15) is 30.5 Å². The zero-order valence-electron chi connectivity index (χ0n) is 14.2. The van der Waals surface area contributed by atoms with Gasteiger partial charge in [0.15, 0.2) is 0 Å². The average Bonchev–Trinajstić information content (AvgIpc) is 3.17. The molecule has 1 amide bonds. The molecule has 2 heterocycles. The van der Waals surface area contributed by atoms with E-state index in [0.717, 1.165) is 0 Å². The van der Waals surface area contributed by atoms with Gasteiger partial charge in [0.2, 0.25) is 5.91 Å². The molecule has 1 unspecified atom stereocenters. The van der Waals surface area contributed by atoms with Gasteiger partial charge in [-0.1, -0.05) is 48.4 Å². The minimum Gasteiger partial charge on any atom is -0.322 e. The van der Waals surface area contributed by atoms with Gasteiger partial charge in [-0.15, -0.1) is 0 Å². The molecule has 3 aromatic rings. The number of halogens is 1. The summed E-state index contributed by atoms with van der Waals surface area (Å²) in [5, 5.41) is 11.8. The second kappa shape index (κ2) is 7.53. The number of aromatic nitrogens is 4. The van der Waals surface area contributed by atoms with Crippen LogP contribution >= 0.6 is 11.6 Å². The number of amides is 1. The third kappa shape index (κ3) is 4.28. The predicted octanol–water partition coefficient (Wildman–Crippen LogP) is 3.68. The van der Waals surface area contributed by atoms with Crippen LogP contribution in [0.2, 0.25) is 5.02 Å². The molecular weight excluding hydrogens is 338 g/mol. The van der Waals surface area contributed by atoms with Gasteiger partial charge in [-0.2, -0.15) is 10.2 Å². The van der Waals surface area contributed by atoms with E-state index in [4.69, 9.17) is 11.6 Å². The Bertz CT molecular complexity index is 870. The molecule has 0 aliphatic carbocycles. The molecule has 0 aliphatic rings. The van der Waals surface area contributed by atoms with Crippen molar-refractivity contribution in [2.24, 2.45) is 0 Å². The van der Waals surface area contributed by atoms with Gasteiger partial charge in [0.1, 0.15) is 6.04 Å². The smallest absolute Gasteiger partial charge is 0.249 e. The van der Waals surface area contributed by atoms with Crippen LogP contribution in [0, 0.1) is 6.92 Å². The van der Waals surface area contributed by atoms with E-state index in [1.54, 1.807) is 21.8 Å². The Kier molecular flexibility index (Phi) is 5.19. The quantitative estimate of drug-likeness (QED) is 0.731. The summed E-state index contributed by atoms with van der Waals surface area (Å²) in [6.07, 6.45) is 7.26.